The van der Waals surface area contributed by atoms with Gasteiger partial charge >= 0.3 is 0 Å². The van der Waals surface area contributed by atoms with Gasteiger partial charge in [0.1, 0.15) is 5.58 Å². The molecule has 1 aliphatic heterocycles. The lowest BCUT2D eigenvalue weighted by Gasteiger charge is -2.18. The summed E-state index contributed by atoms with van der Waals surface area (Å²) in [5.41, 5.74) is 3.34. The SMILES string of the molecule is [2H]C([2H])([2H])N1[C]N(c2c(C)ccc3c2oc2ccccc23)C=C1. The Morgan fingerprint density at radius 2 is 2.00 bits per heavy atom. The number of furan rings is 1. The van der Waals surface area contributed by atoms with E-state index < -0.39 is 6.98 Å². The van der Waals surface area contributed by atoms with E-state index in [2.05, 4.69) is 6.67 Å². The monoisotopic (exact) mass is 265 g/mol. The first-order chi connectivity index (χ1) is 10.9. The number of para-hydroxylation sites is 1. The van der Waals surface area contributed by atoms with Crippen molar-refractivity contribution in [3.05, 3.63) is 61.0 Å². The van der Waals surface area contributed by atoms with Gasteiger partial charge in [0.05, 0.1) is 5.69 Å². The molecule has 1 aromatic heterocycles. The van der Waals surface area contributed by atoms with Gasteiger partial charge in [0.2, 0.25) is 6.67 Å². The van der Waals surface area contributed by atoms with E-state index >= 15 is 0 Å². The zero-order valence-corrected chi connectivity index (χ0v) is 10.9. The Balaban J connectivity index is 1.87. The van der Waals surface area contributed by atoms with Crippen LogP contribution in [0.25, 0.3) is 21.9 Å². The van der Waals surface area contributed by atoms with E-state index in [9.17, 15) is 0 Å². The average molecular weight is 265 g/mol. The van der Waals surface area contributed by atoms with Crippen LogP contribution in [0.3, 0.4) is 0 Å². The Morgan fingerprint density at radius 3 is 2.85 bits per heavy atom. The number of fused-ring (bicyclic) bond motifs is 3. The summed E-state index contributed by atoms with van der Waals surface area (Å²) in [5.74, 6) is 0. The summed E-state index contributed by atoms with van der Waals surface area (Å²) in [6, 6.07) is 11.9. The van der Waals surface area contributed by atoms with Crippen LogP contribution in [0.4, 0.5) is 5.69 Å². The van der Waals surface area contributed by atoms with Crippen LogP contribution in [-0.2, 0) is 0 Å². The first-order valence-corrected chi connectivity index (χ1v) is 6.39. The van der Waals surface area contributed by atoms with Crippen LogP contribution in [0.5, 0.6) is 0 Å². The molecule has 4 rings (SSSR count). The summed E-state index contributed by atoms with van der Waals surface area (Å²) in [6.07, 6.45) is 3.18. The van der Waals surface area contributed by atoms with Crippen molar-refractivity contribution in [2.75, 3.05) is 11.9 Å². The maximum Gasteiger partial charge on any atom is 0.212 e. The van der Waals surface area contributed by atoms with Crippen molar-refractivity contribution in [1.82, 2.24) is 4.90 Å². The van der Waals surface area contributed by atoms with E-state index in [1.54, 1.807) is 11.1 Å². The van der Waals surface area contributed by atoms with Gasteiger partial charge in [-0.05, 0) is 18.6 Å². The summed E-state index contributed by atoms with van der Waals surface area (Å²) >= 11 is 0. The number of benzene rings is 2. The van der Waals surface area contributed by atoms with Crippen LogP contribution in [-0.4, -0.2) is 11.9 Å². The van der Waals surface area contributed by atoms with Crippen molar-refractivity contribution < 1.29 is 8.53 Å². The van der Waals surface area contributed by atoms with Crippen molar-refractivity contribution >= 4 is 27.6 Å². The number of hydrogen-bond acceptors (Lipinski definition) is 3. The minimum atomic E-state index is -2.25. The van der Waals surface area contributed by atoms with Crippen LogP contribution < -0.4 is 4.90 Å². The molecular formula is C17H14N2O. The normalized spacial score (nSPS) is 17.8. The molecule has 0 N–H and O–H groups in total. The highest BCUT2D eigenvalue weighted by Gasteiger charge is 2.20. The number of anilines is 1. The lowest BCUT2D eigenvalue weighted by atomic mass is 10.1. The Hall–Kier alpha value is -2.42. The molecule has 0 fully saturated rings. The van der Waals surface area contributed by atoms with Gasteiger partial charge in [-0.1, -0.05) is 30.3 Å². The van der Waals surface area contributed by atoms with E-state index in [-0.39, 0.29) is 0 Å². The van der Waals surface area contributed by atoms with Gasteiger partial charge in [-0.2, -0.15) is 0 Å². The molecule has 0 unspecified atom stereocenters. The van der Waals surface area contributed by atoms with Crippen LogP contribution in [0.15, 0.2) is 53.2 Å². The Morgan fingerprint density at radius 1 is 1.10 bits per heavy atom. The summed E-state index contributed by atoms with van der Waals surface area (Å²) < 4.78 is 28.5. The second-order valence-electron chi connectivity index (χ2n) is 4.84. The molecule has 0 spiro atoms. The van der Waals surface area contributed by atoms with E-state index in [4.69, 9.17) is 8.53 Å². The molecule has 0 saturated heterocycles. The minimum Gasteiger partial charge on any atom is -0.454 e. The number of rotatable bonds is 1. The van der Waals surface area contributed by atoms with Gasteiger partial charge in [0, 0.05) is 34.3 Å². The summed E-state index contributed by atoms with van der Waals surface area (Å²) in [7, 11) is 0. The Bertz CT molecular complexity index is 927. The third kappa shape index (κ3) is 1.53. The third-order valence-corrected chi connectivity index (χ3v) is 3.54. The maximum atomic E-state index is 7.48. The standard InChI is InChI=1S/C17H14N2O/c1-12-7-8-14-13-5-3-4-6-15(13)20-17(14)16(12)19-10-9-18(2)11-19/h3-10H,1-2H3/i2D3. The van der Waals surface area contributed by atoms with Gasteiger partial charge in [-0.15, -0.1) is 0 Å². The number of nitrogens with zero attached hydrogens (tertiary/aromatic N) is 2. The largest absolute Gasteiger partial charge is 0.454 e. The zero-order chi connectivity index (χ0) is 16.2. The molecule has 0 bridgehead atoms. The van der Waals surface area contributed by atoms with E-state index in [1.165, 1.54) is 6.20 Å². The highest BCUT2D eigenvalue weighted by Crippen LogP contribution is 2.38. The predicted molar refractivity (Wildman–Crippen MR) is 81.1 cm³/mol. The fourth-order valence-electron chi connectivity index (χ4n) is 2.61. The molecule has 0 saturated carbocycles. The molecular weight excluding hydrogens is 248 g/mol. The smallest absolute Gasteiger partial charge is 0.212 e. The fraction of sp³-hybridized carbons (Fsp3) is 0.118. The molecule has 3 nitrogen and oxygen atoms in total. The lowest BCUT2D eigenvalue weighted by Crippen LogP contribution is -2.16. The molecule has 3 heteroatoms. The number of aryl methyl sites for hydroxylation is 1. The molecule has 0 aliphatic carbocycles. The summed E-state index contributed by atoms with van der Waals surface area (Å²) in [5, 5.41) is 2.04. The molecule has 2 heterocycles. The molecule has 2 aromatic carbocycles. The molecule has 0 atom stereocenters. The quantitative estimate of drug-likeness (QED) is 0.660. The lowest BCUT2D eigenvalue weighted by molar-refractivity contribution is 0.573. The van der Waals surface area contributed by atoms with Crippen LogP contribution in [0.1, 0.15) is 9.68 Å². The first kappa shape index (κ1) is 8.69. The van der Waals surface area contributed by atoms with Gasteiger partial charge in [0.25, 0.3) is 0 Å². The fourth-order valence-corrected chi connectivity index (χ4v) is 2.61. The van der Waals surface area contributed by atoms with Crippen molar-refractivity contribution in [2.24, 2.45) is 0 Å². The van der Waals surface area contributed by atoms with Crippen LogP contribution >= 0.6 is 0 Å². The first-order valence-electron chi connectivity index (χ1n) is 7.89. The van der Waals surface area contributed by atoms with Crippen molar-refractivity contribution in [3.63, 3.8) is 0 Å². The summed E-state index contributed by atoms with van der Waals surface area (Å²) in [4.78, 5) is 2.76. The van der Waals surface area contributed by atoms with E-state index in [1.807, 2.05) is 43.3 Å². The summed E-state index contributed by atoms with van der Waals surface area (Å²) in [6.45, 7) is 2.58. The second kappa shape index (κ2) is 4.04. The molecule has 1 aliphatic rings. The average Bonchev–Trinajstić information content (AvgIpc) is 3.10. The van der Waals surface area contributed by atoms with Gasteiger partial charge < -0.3 is 14.2 Å². The molecule has 0 amide bonds. The van der Waals surface area contributed by atoms with Gasteiger partial charge in [-0.25, -0.2) is 0 Å². The second-order valence-corrected chi connectivity index (χ2v) is 4.84. The Labute approximate surface area is 121 Å². The van der Waals surface area contributed by atoms with E-state index in [0.717, 1.165) is 38.1 Å². The predicted octanol–water partition coefficient (Wildman–Crippen LogP) is 4.11. The zero-order valence-electron chi connectivity index (χ0n) is 13.9. The van der Waals surface area contributed by atoms with Crippen LogP contribution in [0, 0.1) is 13.6 Å². The minimum absolute atomic E-state index is 0.732. The van der Waals surface area contributed by atoms with Crippen molar-refractivity contribution in [2.45, 2.75) is 6.92 Å². The van der Waals surface area contributed by atoms with Crippen molar-refractivity contribution in [1.29, 1.82) is 0 Å². The maximum absolute atomic E-state index is 7.48. The van der Waals surface area contributed by atoms with Gasteiger partial charge in [-0.3, -0.25) is 0 Å². The van der Waals surface area contributed by atoms with Gasteiger partial charge in [0.15, 0.2) is 5.58 Å². The molecule has 2 radical (unpaired) electrons. The highest BCUT2D eigenvalue weighted by atomic mass is 16.3. The highest BCUT2D eigenvalue weighted by molar-refractivity contribution is 6.09. The number of hydrogen-bond donors (Lipinski definition) is 0. The molecule has 20 heavy (non-hydrogen) atoms. The Kier molecular flexibility index (Phi) is 1.75. The van der Waals surface area contributed by atoms with Crippen LogP contribution in [0.2, 0.25) is 0 Å². The van der Waals surface area contributed by atoms with Crippen molar-refractivity contribution in [3.8, 4) is 0 Å². The topological polar surface area (TPSA) is 19.6 Å². The molecule has 3 aromatic rings. The third-order valence-electron chi connectivity index (χ3n) is 3.54. The van der Waals surface area contributed by atoms with E-state index in [0.29, 0.717) is 0 Å². The molecule has 98 valence electrons.